The topological polar surface area (TPSA) is 82.9 Å². The molecule has 0 aliphatic carbocycles. The molecule has 8 heteroatoms. The van der Waals surface area contributed by atoms with Gasteiger partial charge in [0.25, 0.3) is 0 Å². The standard InChI is InChI=1S/C16H19ClN4O2S/c1-3-4-10(2)20-21-16-19-15(23)13(24-16)9-14(22)18-12-7-5-11(17)6-8-12/h5-8,13H,3-4,9H2,1-2H3,(H,18,22)(H,19,21,23)/t13-/m0/s1. The summed E-state index contributed by atoms with van der Waals surface area (Å²) in [5.74, 6) is -0.467. The molecule has 6 nitrogen and oxygen atoms in total. The largest absolute Gasteiger partial charge is 0.326 e. The Morgan fingerprint density at radius 2 is 2.08 bits per heavy atom. The van der Waals surface area contributed by atoms with Crippen molar-refractivity contribution in [3.8, 4) is 0 Å². The normalized spacial score (nSPS) is 19.5. The highest BCUT2D eigenvalue weighted by atomic mass is 35.5. The molecule has 0 radical (unpaired) electrons. The fraction of sp³-hybridized carbons (Fsp3) is 0.375. The number of hydrogen-bond acceptors (Lipinski definition) is 5. The summed E-state index contributed by atoms with van der Waals surface area (Å²) in [5, 5.41) is 14.0. The van der Waals surface area contributed by atoms with Crippen LogP contribution in [0.15, 0.2) is 34.5 Å². The molecule has 0 bridgehead atoms. The van der Waals surface area contributed by atoms with Gasteiger partial charge < -0.3 is 10.6 Å². The second-order valence-corrected chi connectivity index (χ2v) is 6.97. The number of hydrogen-bond donors (Lipinski definition) is 2. The van der Waals surface area contributed by atoms with Gasteiger partial charge in [-0.25, -0.2) is 0 Å². The summed E-state index contributed by atoms with van der Waals surface area (Å²) in [7, 11) is 0. The third-order valence-electron chi connectivity index (χ3n) is 3.20. The predicted octanol–water partition coefficient (Wildman–Crippen LogP) is 3.43. The maximum atomic E-state index is 12.1. The molecule has 1 fully saturated rings. The molecule has 0 aromatic heterocycles. The quantitative estimate of drug-likeness (QED) is 0.597. The summed E-state index contributed by atoms with van der Waals surface area (Å²) < 4.78 is 0. The first kappa shape index (κ1) is 18.5. The summed E-state index contributed by atoms with van der Waals surface area (Å²) in [6.07, 6.45) is 1.92. The molecule has 128 valence electrons. The number of nitrogens with one attached hydrogen (secondary N) is 2. The van der Waals surface area contributed by atoms with E-state index in [4.69, 9.17) is 11.6 Å². The van der Waals surface area contributed by atoms with Crippen molar-refractivity contribution in [2.24, 2.45) is 10.2 Å². The van der Waals surface area contributed by atoms with Gasteiger partial charge in [0.05, 0.1) is 0 Å². The molecule has 1 aromatic carbocycles. The fourth-order valence-corrected chi connectivity index (χ4v) is 3.09. The average Bonchev–Trinajstić information content (AvgIpc) is 2.88. The summed E-state index contributed by atoms with van der Waals surface area (Å²) in [6.45, 7) is 3.96. The first-order valence-corrected chi connectivity index (χ1v) is 8.87. The maximum absolute atomic E-state index is 12.1. The second kappa shape index (κ2) is 8.84. The van der Waals surface area contributed by atoms with Crippen molar-refractivity contribution in [1.82, 2.24) is 5.32 Å². The molecule has 24 heavy (non-hydrogen) atoms. The van der Waals surface area contributed by atoms with Crippen LogP contribution in [0.5, 0.6) is 0 Å². The molecule has 1 aliphatic heterocycles. The van der Waals surface area contributed by atoms with Crippen LogP contribution in [0, 0.1) is 0 Å². The fourth-order valence-electron chi connectivity index (χ4n) is 2.04. The van der Waals surface area contributed by atoms with Gasteiger partial charge in [-0.2, -0.15) is 5.10 Å². The van der Waals surface area contributed by atoms with Gasteiger partial charge in [0.15, 0.2) is 5.17 Å². The van der Waals surface area contributed by atoms with Crippen molar-refractivity contribution < 1.29 is 9.59 Å². The molecule has 0 spiro atoms. The number of nitrogens with zero attached hydrogens (tertiary/aromatic N) is 2. The van der Waals surface area contributed by atoms with Crippen molar-refractivity contribution >= 4 is 51.7 Å². The minimum atomic E-state index is -0.502. The highest BCUT2D eigenvalue weighted by Gasteiger charge is 2.32. The lowest BCUT2D eigenvalue weighted by molar-refractivity contribution is -0.122. The van der Waals surface area contributed by atoms with E-state index in [1.54, 1.807) is 24.3 Å². The van der Waals surface area contributed by atoms with Crippen LogP contribution in [0.2, 0.25) is 5.02 Å². The monoisotopic (exact) mass is 366 g/mol. The third-order valence-corrected chi connectivity index (χ3v) is 4.52. The van der Waals surface area contributed by atoms with Gasteiger partial charge in [-0.15, -0.1) is 5.10 Å². The molecule has 0 saturated carbocycles. The van der Waals surface area contributed by atoms with E-state index in [1.807, 2.05) is 6.92 Å². The van der Waals surface area contributed by atoms with Gasteiger partial charge in [-0.1, -0.05) is 36.7 Å². The Morgan fingerprint density at radius 1 is 1.38 bits per heavy atom. The number of carbonyl (C=O) groups is 2. The molecule has 2 N–H and O–H groups in total. The van der Waals surface area contributed by atoms with Gasteiger partial charge in [0.1, 0.15) is 5.25 Å². The molecule has 1 aromatic rings. The van der Waals surface area contributed by atoms with E-state index in [0.29, 0.717) is 15.9 Å². The van der Waals surface area contributed by atoms with Gasteiger partial charge >= 0.3 is 0 Å². The highest BCUT2D eigenvalue weighted by molar-refractivity contribution is 8.15. The molecule has 2 amide bonds. The molecule has 1 heterocycles. The molecular formula is C16H19ClN4O2S. The number of anilines is 1. The highest BCUT2D eigenvalue weighted by Crippen LogP contribution is 2.23. The lowest BCUT2D eigenvalue weighted by Crippen LogP contribution is -2.28. The van der Waals surface area contributed by atoms with E-state index < -0.39 is 5.25 Å². The van der Waals surface area contributed by atoms with Gasteiger partial charge in [-0.05, 0) is 37.6 Å². The van der Waals surface area contributed by atoms with E-state index >= 15 is 0 Å². The molecule has 1 aliphatic rings. The molecule has 1 saturated heterocycles. The number of carbonyl (C=O) groups excluding carboxylic acids is 2. The van der Waals surface area contributed by atoms with Crippen molar-refractivity contribution in [2.45, 2.75) is 38.4 Å². The summed E-state index contributed by atoms with van der Waals surface area (Å²) in [6, 6.07) is 6.80. The van der Waals surface area contributed by atoms with E-state index in [0.717, 1.165) is 18.6 Å². The van der Waals surface area contributed by atoms with Crippen LogP contribution in [-0.4, -0.2) is 27.9 Å². The van der Waals surface area contributed by atoms with Gasteiger partial charge in [0.2, 0.25) is 11.8 Å². The first-order valence-electron chi connectivity index (χ1n) is 7.62. The van der Waals surface area contributed by atoms with Crippen LogP contribution in [0.4, 0.5) is 5.69 Å². The predicted molar refractivity (Wildman–Crippen MR) is 99.7 cm³/mol. The number of halogens is 1. The Morgan fingerprint density at radius 3 is 2.75 bits per heavy atom. The third kappa shape index (κ3) is 5.65. The zero-order valence-corrected chi connectivity index (χ0v) is 15.1. The van der Waals surface area contributed by atoms with Crippen LogP contribution in [-0.2, 0) is 9.59 Å². The van der Waals surface area contributed by atoms with E-state index in [-0.39, 0.29) is 18.2 Å². The Hall–Kier alpha value is -1.86. The SMILES string of the molecule is CCCC(C)=NN=C1NC(=O)[C@H](CC(=O)Nc2ccc(Cl)cc2)S1. The second-order valence-electron chi connectivity index (χ2n) is 5.35. The zero-order valence-electron chi connectivity index (χ0n) is 13.5. The van der Waals surface area contributed by atoms with E-state index in [9.17, 15) is 9.59 Å². The summed E-state index contributed by atoms with van der Waals surface area (Å²) in [4.78, 5) is 24.0. The van der Waals surface area contributed by atoms with E-state index in [2.05, 4.69) is 27.8 Å². The zero-order chi connectivity index (χ0) is 17.5. The molecule has 1 atom stereocenters. The van der Waals surface area contributed by atoms with Crippen LogP contribution in [0.25, 0.3) is 0 Å². The number of benzene rings is 1. The van der Waals surface area contributed by atoms with Gasteiger partial charge in [0, 0.05) is 22.8 Å². The van der Waals surface area contributed by atoms with E-state index in [1.165, 1.54) is 11.8 Å². The number of amidine groups is 1. The van der Waals surface area contributed by atoms with Crippen molar-refractivity contribution in [3.05, 3.63) is 29.3 Å². The Kier molecular flexibility index (Phi) is 6.81. The Labute approximate surface area is 150 Å². The number of thioether (sulfide) groups is 1. The number of rotatable bonds is 6. The molecule has 0 unspecified atom stereocenters. The van der Waals surface area contributed by atoms with Crippen LogP contribution in [0.1, 0.15) is 33.1 Å². The lowest BCUT2D eigenvalue weighted by atomic mass is 10.2. The van der Waals surface area contributed by atoms with Crippen LogP contribution in [0.3, 0.4) is 0 Å². The first-order chi connectivity index (χ1) is 11.5. The lowest BCUT2D eigenvalue weighted by Gasteiger charge is -2.07. The minimum absolute atomic E-state index is 0.0653. The van der Waals surface area contributed by atoms with Crippen LogP contribution < -0.4 is 10.6 Å². The van der Waals surface area contributed by atoms with Crippen LogP contribution >= 0.6 is 23.4 Å². The van der Waals surface area contributed by atoms with Crippen molar-refractivity contribution in [1.29, 1.82) is 0 Å². The smallest absolute Gasteiger partial charge is 0.240 e. The number of amides is 2. The Balaban J connectivity index is 1.89. The van der Waals surface area contributed by atoms with Crippen molar-refractivity contribution in [2.75, 3.05) is 5.32 Å². The molecule has 2 rings (SSSR count). The van der Waals surface area contributed by atoms with Crippen molar-refractivity contribution in [3.63, 3.8) is 0 Å². The Bertz CT molecular complexity index is 673. The molecular weight excluding hydrogens is 348 g/mol. The average molecular weight is 367 g/mol. The maximum Gasteiger partial charge on any atom is 0.240 e. The summed E-state index contributed by atoms with van der Waals surface area (Å²) >= 11 is 7.02. The summed E-state index contributed by atoms with van der Waals surface area (Å²) in [5.41, 5.74) is 1.55. The minimum Gasteiger partial charge on any atom is -0.326 e. The van der Waals surface area contributed by atoms with Gasteiger partial charge in [-0.3, -0.25) is 9.59 Å².